The number of pyridine rings is 1. The number of aliphatic hydroxyl groups is 2. The largest absolute Gasteiger partial charge is 0.393 e. The molecule has 0 aromatic carbocycles. The van der Waals surface area contributed by atoms with E-state index in [2.05, 4.69) is 10.3 Å². The molecule has 0 aliphatic heterocycles. The maximum absolute atomic E-state index is 9.50. The topological polar surface area (TPSA) is 65.4 Å². The van der Waals surface area contributed by atoms with Crippen LogP contribution in [0.15, 0.2) is 24.5 Å². The highest BCUT2D eigenvalue weighted by Crippen LogP contribution is 1.99. The van der Waals surface area contributed by atoms with E-state index in [0.717, 1.165) is 13.0 Å². The summed E-state index contributed by atoms with van der Waals surface area (Å²) in [6, 6.07) is 3.93. The summed E-state index contributed by atoms with van der Waals surface area (Å²) in [6.45, 7) is 2.55. The second-order valence-electron chi connectivity index (χ2n) is 3.94. The van der Waals surface area contributed by atoms with Crippen molar-refractivity contribution in [3.8, 4) is 0 Å². The van der Waals surface area contributed by atoms with E-state index in [1.165, 1.54) is 5.56 Å². The Morgan fingerprint density at radius 3 is 2.67 bits per heavy atom. The number of nitrogens with one attached hydrogen (secondary N) is 1. The van der Waals surface area contributed by atoms with Crippen LogP contribution in [0, 0.1) is 0 Å². The van der Waals surface area contributed by atoms with Crippen molar-refractivity contribution in [1.82, 2.24) is 10.3 Å². The SMILES string of the molecule is CC(O)(CO)CNCCc1ccncc1. The van der Waals surface area contributed by atoms with Crippen molar-refractivity contribution in [2.24, 2.45) is 0 Å². The molecule has 0 fully saturated rings. The van der Waals surface area contributed by atoms with Crippen LogP contribution < -0.4 is 5.32 Å². The molecule has 0 bridgehead atoms. The summed E-state index contributed by atoms with van der Waals surface area (Å²) in [5.41, 5.74) is 0.180. The van der Waals surface area contributed by atoms with Crippen molar-refractivity contribution in [2.45, 2.75) is 18.9 Å². The van der Waals surface area contributed by atoms with E-state index < -0.39 is 5.60 Å². The molecule has 1 aromatic heterocycles. The van der Waals surface area contributed by atoms with E-state index >= 15 is 0 Å². The van der Waals surface area contributed by atoms with Gasteiger partial charge in [-0.15, -0.1) is 0 Å². The summed E-state index contributed by atoms with van der Waals surface area (Å²) in [7, 11) is 0. The predicted molar refractivity (Wildman–Crippen MR) is 58.5 cm³/mol. The van der Waals surface area contributed by atoms with Gasteiger partial charge in [-0.25, -0.2) is 0 Å². The molecule has 15 heavy (non-hydrogen) atoms. The number of hydrogen-bond donors (Lipinski definition) is 3. The molecule has 1 rings (SSSR count). The van der Waals surface area contributed by atoms with Gasteiger partial charge in [0.05, 0.1) is 12.2 Å². The second kappa shape index (κ2) is 5.80. The molecule has 1 atom stereocenters. The van der Waals surface area contributed by atoms with Crippen LogP contribution in [-0.4, -0.2) is 40.5 Å². The summed E-state index contributed by atoms with van der Waals surface area (Å²) >= 11 is 0. The lowest BCUT2D eigenvalue weighted by Gasteiger charge is -2.20. The van der Waals surface area contributed by atoms with Crippen molar-refractivity contribution in [2.75, 3.05) is 19.7 Å². The summed E-state index contributed by atoms with van der Waals surface area (Å²) in [4.78, 5) is 3.93. The van der Waals surface area contributed by atoms with Gasteiger partial charge in [0.2, 0.25) is 0 Å². The maximum Gasteiger partial charge on any atom is 0.0972 e. The molecule has 1 unspecified atom stereocenters. The number of aliphatic hydroxyl groups excluding tert-OH is 1. The van der Waals surface area contributed by atoms with Crippen molar-refractivity contribution in [3.05, 3.63) is 30.1 Å². The van der Waals surface area contributed by atoms with Gasteiger partial charge in [0.1, 0.15) is 0 Å². The van der Waals surface area contributed by atoms with Crippen molar-refractivity contribution in [3.63, 3.8) is 0 Å². The van der Waals surface area contributed by atoms with Crippen LogP contribution in [0.2, 0.25) is 0 Å². The Balaban J connectivity index is 2.18. The minimum atomic E-state index is -1.03. The average Bonchev–Trinajstić information content (AvgIpc) is 2.26. The maximum atomic E-state index is 9.50. The highest BCUT2D eigenvalue weighted by atomic mass is 16.3. The summed E-state index contributed by atoms with van der Waals surface area (Å²) in [6.07, 6.45) is 4.42. The minimum absolute atomic E-state index is 0.227. The van der Waals surface area contributed by atoms with Crippen LogP contribution >= 0.6 is 0 Å². The lowest BCUT2D eigenvalue weighted by molar-refractivity contribution is 0.00299. The fourth-order valence-corrected chi connectivity index (χ4v) is 1.20. The molecule has 4 heteroatoms. The molecule has 0 amide bonds. The molecule has 0 aliphatic rings. The molecule has 0 aliphatic carbocycles. The zero-order valence-electron chi connectivity index (χ0n) is 8.98. The highest BCUT2D eigenvalue weighted by molar-refractivity contribution is 5.09. The summed E-state index contributed by atoms with van der Waals surface area (Å²) in [5.74, 6) is 0. The molecule has 0 radical (unpaired) electrons. The third-order valence-electron chi connectivity index (χ3n) is 2.19. The zero-order valence-corrected chi connectivity index (χ0v) is 8.98. The third-order valence-corrected chi connectivity index (χ3v) is 2.19. The fraction of sp³-hybridized carbons (Fsp3) is 0.545. The normalized spacial score (nSPS) is 14.9. The van der Waals surface area contributed by atoms with Gasteiger partial charge in [-0.2, -0.15) is 0 Å². The summed E-state index contributed by atoms with van der Waals surface area (Å²) < 4.78 is 0. The van der Waals surface area contributed by atoms with E-state index in [9.17, 15) is 5.11 Å². The molecule has 0 saturated carbocycles. The van der Waals surface area contributed by atoms with Crippen molar-refractivity contribution in [1.29, 1.82) is 0 Å². The minimum Gasteiger partial charge on any atom is -0.393 e. The molecule has 0 spiro atoms. The first-order chi connectivity index (χ1) is 7.14. The Hall–Kier alpha value is -0.970. The van der Waals surface area contributed by atoms with Gasteiger partial charge in [-0.05, 0) is 37.6 Å². The Morgan fingerprint density at radius 1 is 1.40 bits per heavy atom. The Kier molecular flexibility index (Phi) is 4.68. The quantitative estimate of drug-likeness (QED) is 0.576. The van der Waals surface area contributed by atoms with E-state index in [1.807, 2.05) is 12.1 Å². The van der Waals surface area contributed by atoms with Gasteiger partial charge in [-0.3, -0.25) is 4.98 Å². The van der Waals surface area contributed by atoms with Crippen LogP contribution in [-0.2, 0) is 6.42 Å². The van der Waals surface area contributed by atoms with Crippen LogP contribution in [0.25, 0.3) is 0 Å². The van der Waals surface area contributed by atoms with Crippen molar-refractivity contribution >= 4 is 0 Å². The third kappa shape index (κ3) is 4.88. The van der Waals surface area contributed by atoms with Crippen LogP contribution in [0.4, 0.5) is 0 Å². The first-order valence-electron chi connectivity index (χ1n) is 5.07. The van der Waals surface area contributed by atoms with Gasteiger partial charge in [0.25, 0.3) is 0 Å². The molecular formula is C11H18N2O2. The average molecular weight is 210 g/mol. The smallest absolute Gasteiger partial charge is 0.0972 e. The van der Waals surface area contributed by atoms with E-state index in [4.69, 9.17) is 5.11 Å². The van der Waals surface area contributed by atoms with Gasteiger partial charge in [-0.1, -0.05) is 0 Å². The first-order valence-corrected chi connectivity index (χ1v) is 5.07. The lowest BCUT2D eigenvalue weighted by atomic mass is 10.1. The van der Waals surface area contributed by atoms with Gasteiger partial charge in [0.15, 0.2) is 0 Å². The molecular weight excluding hydrogens is 192 g/mol. The highest BCUT2D eigenvalue weighted by Gasteiger charge is 2.17. The molecule has 3 N–H and O–H groups in total. The van der Waals surface area contributed by atoms with Crippen LogP contribution in [0.3, 0.4) is 0 Å². The molecule has 84 valence electrons. The van der Waals surface area contributed by atoms with E-state index in [1.54, 1.807) is 19.3 Å². The molecule has 0 saturated heterocycles. The Bertz CT molecular complexity index is 275. The Labute approximate surface area is 90.0 Å². The summed E-state index contributed by atoms with van der Waals surface area (Å²) in [5, 5.41) is 21.4. The van der Waals surface area contributed by atoms with Crippen LogP contribution in [0.5, 0.6) is 0 Å². The second-order valence-corrected chi connectivity index (χ2v) is 3.94. The van der Waals surface area contributed by atoms with Gasteiger partial charge >= 0.3 is 0 Å². The van der Waals surface area contributed by atoms with Crippen molar-refractivity contribution < 1.29 is 10.2 Å². The van der Waals surface area contributed by atoms with Gasteiger partial charge < -0.3 is 15.5 Å². The monoisotopic (exact) mass is 210 g/mol. The molecule has 1 aromatic rings. The molecule has 1 heterocycles. The van der Waals surface area contributed by atoms with E-state index in [0.29, 0.717) is 6.54 Å². The van der Waals surface area contributed by atoms with E-state index in [-0.39, 0.29) is 6.61 Å². The van der Waals surface area contributed by atoms with Crippen LogP contribution in [0.1, 0.15) is 12.5 Å². The number of hydrogen-bond acceptors (Lipinski definition) is 4. The Morgan fingerprint density at radius 2 is 2.07 bits per heavy atom. The predicted octanol–water partition coefficient (Wildman–Crippen LogP) is -0.0430. The van der Waals surface area contributed by atoms with Gasteiger partial charge in [0, 0.05) is 18.9 Å². The number of nitrogens with zero attached hydrogens (tertiary/aromatic N) is 1. The number of rotatable bonds is 6. The zero-order chi connectivity index (χ0) is 11.1. The fourth-order valence-electron chi connectivity index (χ4n) is 1.20. The number of aromatic nitrogens is 1. The standard InChI is InChI=1S/C11H18N2O2/c1-11(15,9-14)8-13-7-4-10-2-5-12-6-3-10/h2-3,5-6,13-15H,4,7-9H2,1H3. The lowest BCUT2D eigenvalue weighted by Crippen LogP contribution is -2.41. The molecule has 4 nitrogen and oxygen atoms in total. The first kappa shape index (κ1) is 12.1.